The molecule has 0 fully saturated rings. The monoisotopic (exact) mass is 417 g/mol. The fourth-order valence-electron chi connectivity index (χ4n) is 3.37. The molecule has 2 aromatic carbocycles. The Bertz CT molecular complexity index is 1130. The molecule has 158 valence electrons. The van der Waals surface area contributed by atoms with Crippen molar-refractivity contribution in [2.75, 3.05) is 7.05 Å². The molecule has 1 aromatic heterocycles. The molecule has 0 radical (unpaired) electrons. The topological polar surface area (TPSA) is 50.5 Å². The predicted octanol–water partition coefficient (Wildman–Crippen LogP) is 5.02. The third-order valence-corrected chi connectivity index (χ3v) is 5.16. The van der Waals surface area contributed by atoms with Gasteiger partial charge in [0, 0.05) is 31.0 Å². The second kappa shape index (κ2) is 8.34. The number of aryl methyl sites for hydroxylation is 2. The van der Waals surface area contributed by atoms with Crippen molar-refractivity contribution in [2.45, 2.75) is 39.4 Å². The van der Waals surface area contributed by atoms with Gasteiger partial charge in [0.15, 0.2) is 0 Å². The number of carbonyl (C=O) groups excluding carboxylic acids is 1. The summed E-state index contributed by atoms with van der Waals surface area (Å²) in [5.41, 5.74) is 2.17. The Kier molecular flexibility index (Phi) is 6.01. The summed E-state index contributed by atoms with van der Waals surface area (Å²) in [6, 6.07) is 10.3. The van der Waals surface area contributed by atoms with E-state index in [1.165, 1.54) is 17.0 Å². The van der Waals surface area contributed by atoms with Gasteiger partial charge in [-0.2, -0.15) is 13.2 Å². The van der Waals surface area contributed by atoms with E-state index in [9.17, 15) is 22.8 Å². The number of alkyl halides is 3. The van der Waals surface area contributed by atoms with Gasteiger partial charge >= 0.3 is 11.8 Å². The predicted molar refractivity (Wildman–Crippen MR) is 108 cm³/mol. The molecule has 4 nitrogen and oxygen atoms in total. The lowest BCUT2D eigenvalue weighted by Gasteiger charge is -2.18. The molecular weight excluding hydrogens is 395 g/mol. The van der Waals surface area contributed by atoms with Gasteiger partial charge in [-0.25, -0.2) is 4.79 Å². The van der Waals surface area contributed by atoms with Crippen LogP contribution in [0.2, 0.25) is 0 Å². The minimum absolute atomic E-state index is 0.0973. The van der Waals surface area contributed by atoms with Gasteiger partial charge in [-0.05, 0) is 55.2 Å². The van der Waals surface area contributed by atoms with Crippen LogP contribution >= 0.6 is 0 Å². The van der Waals surface area contributed by atoms with Crippen LogP contribution < -0.4 is 5.63 Å². The first-order chi connectivity index (χ1) is 14.1. The van der Waals surface area contributed by atoms with Crippen molar-refractivity contribution in [1.29, 1.82) is 0 Å². The van der Waals surface area contributed by atoms with Crippen LogP contribution in [0.15, 0.2) is 51.7 Å². The molecule has 1 heterocycles. The largest absolute Gasteiger partial charge is 0.423 e. The summed E-state index contributed by atoms with van der Waals surface area (Å²) >= 11 is 0. The molecule has 1 amide bonds. The van der Waals surface area contributed by atoms with E-state index in [0.717, 1.165) is 28.6 Å². The number of carbonyl (C=O) groups is 1. The van der Waals surface area contributed by atoms with Crippen LogP contribution in [0, 0.1) is 13.8 Å². The van der Waals surface area contributed by atoms with Gasteiger partial charge in [0.25, 0.3) is 0 Å². The summed E-state index contributed by atoms with van der Waals surface area (Å²) in [7, 11) is 1.58. The number of hydrogen-bond acceptors (Lipinski definition) is 3. The van der Waals surface area contributed by atoms with Crippen LogP contribution in [0.5, 0.6) is 0 Å². The summed E-state index contributed by atoms with van der Waals surface area (Å²) < 4.78 is 43.4. The van der Waals surface area contributed by atoms with Gasteiger partial charge in [0.05, 0.1) is 5.56 Å². The highest BCUT2D eigenvalue weighted by atomic mass is 19.4. The highest BCUT2D eigenvalue weighted by Gasteiger charge is 2.30. The van der Waals surface area contributed by atoms with Crippen LogP contribution in [-0.4, -0.2) is 17.9 Å². The number of fused-ring (bicyclic) bond motifs is 1. The van der Waals surface area contributed by atoms with E-state index in [2.05, 4.69) is 0 Å². The normalized spacial score (nSPS) is 11.7. The van der Waals surface area contributed by atoms with Gasteiger partial charge < -0.3 is 9.32 Å². The van der Waals surface area contributed by atoms with Crippen LogP contribution in [0.3, 0.4) is 0 Å². The Morgan fingerprint density at radius 1 is 1.07 bits per heavy atom. The molecule has 7 heteroatoms. The standard InChI is InChI=1S/C23H22F3NO3/c1-14-4-9-18-15(2)19(22(29)30-20(18)12-14)10-11-21(28)27(3)13-16-5-7-17(8-6-16)23(24,25)26/h4-9,12H,10-11,13H2,1-3H3. The molecule has 0 aliphatic heterocycles. The Morgan fingerprint density at radius 3 is 2.37 bits per heavy atom. The molecule has 0 saturated carbocycles. The molecule has 0 N–H and O–H groups in total. The summed E-state index contributed by atoms with van der Waals surface area (Å²) in [5.74, 6) is -0.210. The van der Waals surface area contributed by atoms with Gasteiger partial charge in [-0.15, -0.1) is 0 Å². The highest BCUT2D eigenvalue weighted by Crippen LogP contribution is 2.29. The minimum Gasteiger partial charge on any atom is -0.423 e. The first kappa shape index (κ1) is 21.6. The SMILES string of the molecule is Cc1ccc2c(C)c(CCC(=O)N(C)Cc3ccc(C(F)(F)F)cc3)c(=O)oc2c1. The van der Waals surface area contributed by atoms with E-state index in [4.69, 9.17) is 4.42 Å². The van der Waals surface area contributed by atoms with E-state index < -0.39 is 17.4 Å². The second-order valence-electron chi connectivity index (χ2n) is 7.44. The summed E-state index contributed by atoms with van der Waals surface area (Å²) in [5, 5.41) is 0.834. The average Bonchev–Trinajstić information content (AvgIpc) is 2.67. The zero-order valence-electron chi connectivity index (χ0n) is 17.0. The molecule has 0 spiro atoms. The lowest BCUT2D eigenvalue weighted by atomic mass is 10.0. The average molecular weight is 417 g/mol. The Balaban J connectivity index is 1.68. The number of halogens is 3. The van der Waals surface area contributed by atoms with Crippen molar-refractivity contribution in [3.63, 3.8) is 0 Å². The summed E-state index contributed by atoms with van der Waals surface area (Å²) in [4.78, 5) is 26.3. The van der Waals surface area contributed by atoms with Crippen molar-refractivity contribution in [2.24, 2.45) is 0 Å². The van der Waals surface area contributed by atoms with Gasteiger partial charge in [-0.3, -0.25) is 4.79 Å². The fourth-order valence-corrected chi connectivity index (χ4v) is 3.37. The van der Waals surface area contributed by atoms with E-state index in [0.29, 0.717) is 16.7 Å². The smallest absolute Gasteiger partial charge is 0.416 e. The third-order valence-electron chi connectivity index (χ3n) is 5.16. The number of benzene rings is 2. The molecule has 0 aliphatic rings. The Morgan fingerprint density at radius 2 is 1.73 bits per heavy atom. The molecule has 30 heavy (non-hydrogen) atoms. The zero-order chi connectivity index (χ0) is 22.1. The number of nitrogens with zero attached hydrogens (tertiary/aromatic N) is 1. The van der Waals surface area contributed by atoms with E-state index in [1.54, 1.807) is 13.1 Å². The van der Waals surface area contributed by atoms with Crippen molar-refractivity contribution < 1.29 is 22.4 Å². The fraction of sp³-hybridized carbons (Fsp3) is 0.304. The quantitative estimate of drug-likeness (QED) is 0.548. The maximum Gasteiger partial charge on any atom is 0.416 e. The Hall–Kier alpha value is -3.09. The first-order valence-electron chi connectivity index (χ1n) is 9.49. The highest BCUT2D eigenvalue weighted by molar-refractivity contribution is 5.82. The molecule has 3 rings (SSSR count). The summed E-state index contributed by atoms with van der Waals surface area (Å²) in [6.45, 7) is 3.93. The summed E-state index contributed by atoms with van der Waals surface area (Å²) in [6.07, 6.45) is -4.06. The van der Waals surface area contributed by atoms with E-state index >= 15 is 0 Å². The van der Waals surface area contributed by atoms with Crippen LogP contribution in [0.25, 0.3) is 11.0 Å². The molecule has 0 atom stereocenters. The number of amides is 1. The maximum atomic E-state index is 12.7. The van der Waals surface area contributed by atoms with E-state index in [1.807, 2.05) is 26.0 Å². The van der Waals surface area contributed by atoms with Crippen molar-refractivity contribution >= 4 is 16.9 Å². The zero-order valence-corrected chi connectivity index (χ0v) is 17.0. The first-order valence-corrected chi connectivity index (χ1v) is 9.49. The van der Waals surface area contributed by atoms with Crippen LogP contribution in [0.4, 0.5) is 13.2 Å². The molecule has 3 aromatic rings. The van der Waals surface area contributed by atoms with Gasteiger partial charge in [-0.1, -0.05) is 24.3 Å². The van der Waals surface area contributed by atoms with Crippen molar-refractivity contribution in [3.8, 4) is 0 Å². The van der Waals surface area contributed by atoms with Crippen LogP contribution in [0.1, 0.15) is 34.2 Å². The van der Waals surface area contributed by atoms with Crippen molar-refractivity contribution in [3.05, 3.63) is 80.7 Å². The van der Waals surface area contributed by atoms with E-state index in [-0.39, 0.29) is 25.3 Å². The van der Waals surface area contributed by atoms with Gasteiger partial charge in [0.1, 0.15) is 5.58 Å². The maximum absolute atomic E-state index is 12.7. The lowest BCUT2D eigenvalue weighted by Crippen LogP contribution is -2.27. The van der Waals surface area contributed by atoms with Crippen LogP contribution in [-0.2, 0) is 23.9 Å². The third kappa shape index (κ3) is 4.72. The minimum atomic E-state index is -4.39. The Labute approximate surface area is 171 Å². The van der Waals surface area contributed by atoms with Crippen molar-refractivity contribution in [1.82, 2.24) is 4.90 Å². The molecular formula is C23H22F3NO3. The second-order valence-corrected chi connectivity index (χ2v) is 7.44. The molecule has 0 unspecified atom stereocenters. The molecule has 0 bridgehead atoms. The lowest BCUT2D eigenvalue weighted by molar-refractivity contribution is -0.137. The molecule has 0 aliphatic carbocycles. The van der Waals surface area contributed by atoms with Gasteiger partial charge in [0.2, 0.25) is 5.91 Å². The number of hydrogen-bond donors (Lipinski definition) is 0. The molecule has 0 saturated heterocycles. The number of rotatable bonds is 5.